The molecule has 1 aliphatic heterocycles. The van der Waals surface area contributed by atoms with Gasteiger partial charge < -0.3 is 34.7 Å². The number of amides is 2. The molecule has 1 fully saturated rings. The van der Waals surface area contributed by atoms with Crippen LogP contribution >= 0.6 is 0 Å². The van der Waals surface area contributed by atoms with Crippen molar-refractivity contribution in [2.75, 3.05) is 76.6 Å². The smallest absolute Gasteiger partial charge is 0.323 e. The van der Waals surface area contributed by atoms with Crippen molar-refractivity contribution in [3.8, 4) is 35.8 Å². The van der Waals surface area contributed by atoms with Crippen molar-refractivity contribution in [3.63, 3.8) is 0 Å². The lowest BCUT2D eigenvalue weighted by Crippen LogP contribution is -2.31. The lowest BCUT2D eigenvalue weighted by atomic mass is 9.94. The maximum atomic E-state index is 13.3. The molecule has 3 N–H and O–H groups in total. The van der Waals surface area contributed by atoms with Crippen molar-refractivity contribution in [2.45, 2.75) is 39.3 Å². The SMILES string of the molecule is CC(C)C[C@@](C)(O)C#Cc1cc(C#N)ccc1NC(=O)Nc1ccc(C#N)cc1C#Cc1cccc(CN2CCOCCOCCOCCOCC2)c1. The Balaban J connectivity index is 1.49. The highest BCUT2D eigenvalue weighted by atomic mass is 16.6. The minimum absolute atomic E-state index is 0.220. The number of hydrogen-bond donors (Lipinski definition) is 3. The predicted octanol–water partition coefficient (Wildman–Crippen LogP) is 5.50. The fraction of sp³-hybridized carbons (Fsp3) is 0.405. The van der Waals surface area contributed by atoms with E-state index in [4.69, 9.17) is 18.9 Å². The molecule has 0 saturated carbocycles. The van der Waals surface area contributed by atoms with Gasteiger partial charge in [-0.2, -0.15) is 10.5 Å². The molecule has 4 rings (SSSR count). The molecule has 1 saturated heterocycles. The molecule has 2 amide bonds. The molecule has 3 aromatic rings. The molecule has 0 bridgehead atoms. The number of carbonyl (C=O) groups excluding carboxylic acids is 1. The number of hydrogen-bond acceptors (Lipinski definition) is 9. The van der Waals surface area contributed by atoms with Gasteiger partial charge in [0.25, 0.3) is 0 Å². The topological polar surface area (TPSA) is 149 Å². The average molecular weight is 718 g/mol. The molecular formula is C42H47N5O6. The van der Waals surface area contributed by atoms with Crippen LogP contribution in [0, 0.1) is 52.3 Å². The monoisotopic (exact) mass is 717 g/mol. The van der Waals surface area contributed by atoms with Gasteiger partial charge in [0.1, 0.15) is 5.60 Å². The maximum Gasteiger partial charge on any atom is 0.323 e. The second kappa shape index (κ2) is 21.3. The van der Waals surface area contributed by atoms with Crippen LogP contribution < -0.4 is 10.6 Å². The minimum atomic E-state index is -1.24. The summed E-state index contributed by atoms with van der Waals surface area (Å²) in [6, 6.07) is 21.2. The van der Waals surface area contributed by atoms with Gasteiger partial charge in [0.15, 0.2) is 0 Å². The Morgan fingerprint density at radius 1 is 0.755 bits per heavy atom. The van der Waals surface area contributed by atoms with Gasteiger partial charge in [0.05, 0.1) is 87.5 Å². The Kier molecular flexibility index (Phi) is 16.3. The quantitative estimate of drug-likeness (QED) is 0.281. The Morgan fingerprint density at radius 2 is 1.28 bits per heavy atom. The summed E-state index contributed by atoms with van der Waals surface area (Å²) in [4.78, 5) is 15.6. The molecule has 0 radical (unpaired) electrons. The number of nitrogens with one attached hydrogen (secondary N) is 2. The first-order valence-electron chi connectivity index (χ1n) is 17.7. The lowest BCUT2D eigenvalue weighted by Gasteiger charge is -2.22. The van der Waals surface area contributed by atoms with E-state index < -0.39 is 11.6 Å². The molecule has 1 aliphatic rings. The number of aliphatic hydroxyl groups is 1. The molecule has 1 atom stereocenters. The molecule has 276 valence electrons. The number of carbonyl (C=O) groups is 1. The summed E-state index contributed by atoms with van der Waals surface area (Å²) in [5.41, 5.74) is 2.98. The van der Waals surface area contributed by atoms with Crippen molar-refractivity contribution in [3.05, 3.63) is 94.0 Å². The third-order valence-electron chi connectivity index (χ3n) is 7.96. The fourth-order valence-corrected chi connectivity index (χ4v) is 5.54. The Bertz CT molecular complexity index is 1870. The normalized spacial score (nSPS) is 15.8. The highest BCUT2D eigenvalue weighted by molar-refractivity contribution is 6.01. The molecule has 0 unspecified atom stereocenters. The van der Waals surface area contributed by atoms with Gasteiger partial charge in [-0.25, -0.2) is 4.79 Å². The standard InChI is InChI=1S/C42H47N5O6/c1-32(2)28-42(3,49)14-13-38-27-35(30-44)9-12-40(38)46-41(48)45-39-11-8-34(29-43)26-37(39)10-7-33-5-4-6-36(25-33)31-47-15-17-50-19-21-52-23-24-53-22-20-51-18-16-47/h4-6,8-9,11-12,25-27,32,49H,15-24,28,31H2,1-3H3,(H2,45,46,48)/t42-/m0/s1. The summed E-state index contributed by atoms with van der Waals surface area (Å²) >= 11 is 0. The van der Waals surface area contributed by atoms with E-state index in [1.807, 2.05) is 38.1 Å². The first kappa shape index (κ1) is 40.6. The summed E-state index contributed by atoms with van der Waals surface area (Å²) in [6.07, 6.45) is 0.463. The van der Waals surface area contributed by atoms with Crippen LogP contribution in [0.3, 0.4) is 0 Å². The van der Waals surface area contributed by atoms with Gasteiger partial charge in [-0.05, 0) is 73.4 Å². The van der Waals surface area contributed by atoms with Crippen LogP contribution in [0.2, 0.25) is 0 Å². The number of anilines is 2. The van der Waals surface area contributed by atoms with Gasteiger partial charge in [-0.15, -0.1) is 0 Å². The molecule has 0 spiro atoms. The molecule has 11 heteroatoms. The minimum Gasteiger partial charge on any atom is -0.378 e. The van der Waals surface area contributed by atoms with Gasteiger partial charge in [-0.3, -0.25) is 4.90 Å². The second-order valence-electron chi connectivity index (χ2n) is 13.1. The summed E-state index contributed by atoms with van der Waals surface area (Å²) in [5.74, 6) is 12.4. The molecule has 0 aromatic heterocycles. The van der Waals surface area contributed by atoms with Gasteiger partial charge in [0.2, 0.25) is 0 Å². The van der Waals surface area contributed by atoms with E-state index in [0.717, 1.165) is 24.2 Å². The van der Waals surface area contributed by atoms with E-state index in [1.165, 1.54) is 0 Å². The number of ether oxygens (including phenoxy) is 4. The third kappa shape index (κ3) is 14.7. The van der Waals surface area contributed by atoms with Crippen LogP contribution in [0.1, 0.15) is 60.6 Å². The number of urea groups is 1. The van der Waals surface area contributed by atoms with E-state index >= 15 is 0 Å². The molecule has 0 aliphatic carbocycles. The van der Waals surface area contributed by atoms with Crippen molar-refractivity contribution in [1.82, 2.24) is 4.90 Å². The largest absolute Gasteiger partial charge is 0.378 e. The van der Waals surface area contributed by atoms with Crippen molar-refractivity contribution < 1.29 is 28.8 Å². The fourth-order valence-electron chi connectivity index (χ4n) is 5.54. The van der Waals surface area contributed by atoms with Crippen LogP contribution in [0.5, 0.6) is 0 Å². The molecular weight excluding hydrogens is 670 g/mol. The molecule has 1 heterocycles. The van der Waals surface area contributed by atoms with Gasteiger partial charge in [-0.1, -0.05) is 49.7 Å². The van der Waals surface area contributed by atoms with Crippen molar-refractivity contribution >= 4 is 17.4 Å². The second-order valence-corrected chi connectivity index (χ2v) is 13.1. The van der Waals surface area contributed by atoms with Gasteiger partial charge in [0, 0.05) is 36.3 Å². The first-order valence-corrected chi connectivity index (χ1v) is 17.7. The maximum absolute atomic E-state index is 13.3. The van der Waals surface area contributed by atoms with Gasteiger partial charge >= 0.3 is 6.03 Å². The van der Waals surface area contributed by atoms with Crippen molar-refractivity contribution in [2.24, 2.45) is 5.92 Å². The zero-order valence-electron chi connectivity index (χ0n) is 30.7. The summed E-state index contributed by atoms with van der Waals surface area (Å²) in [6.45, 7) is 12.0. The van der Waals surface area contributed by atoms with E-state index in [9.17, 15) is 20.4 Å². The Morgan fingerprint density at radius 3 is 1.81 bits per heavy atom. The number of benzene rings is 3. The lowest BCUT2D eigenvalue weighted by molar-refractivity contribution is 0.00206. The summed E-state index contributed by atoms with van der Waals surface area (Å²) in [7, 11) is 0. The van der Waals surface area contributed by atoms with Crippen molar-refractivity contribution in [1.29, 1.82) is 10.5 Å². The number of nitrogens with zero attached hydrogens (tertiary/aromatic N) is 3. The highest BCUT2D eigenvalue weighted by Crippen LogP contribution is 2.21. The zero-order chi connectivity index (χ0) is 37.9. The summed E-state index contributed by atoms with van der Waals surface area (Å²) in [5, 5.41) is 35.4. The third-order valence-corrected chi connectivity index (χ3v) is 7.96. The Labute approximate surface area is 312 Å². The van der Waals surface area contributed by atoms with E-state index in [2.05, 4.69) is 51.4 Å². The van der Waals surface area contributed by atoms with E-state index in [1.54, 1.807) is 43.3 Å². The van der Waals surface area contributed by atoms with Crippen LogP contribution in [0.15, 0.2) is 60.7 Å². The average Bonchev–Trinajstić information content (AvgIpc) is 3.14. The number of rotatable bonds is 6. The van der Waals surface area contributed by atoms with E-state index in [-0.39, 0.29) is 5.92 Å². The van der Waals surface area contributed by atoms with E-state index in [0.29, 0.717) is 99.4 Å². The first-order chi connectivity index (χ1) is 25.6. The highest BCUT2D eigenvalue weighted by Gasteiger charge is 2.19. The molecule has 11 nitrogen and oxygen atoms in total. The van der Waals surface area contributed by atoms with Crippen LogP contribution in [0.4, 0.5) is 16.2 Å². The predicted molar refractivity (Wildman–Crippen MR) is 203 cm³/mol. The molecule has 53 heavy (non-hydrogen) atoms. The zero-order valence-corrected chi connectivity index (χ0v) is 30.7. The van der Waals surface area contributed by atoms with Crippen LogP contribution in [-0.4, -0.2) is 87.6 Å². The summed E-state index contributed by atoms with van der Waals surface area (Å²) < 4.78 is 22.6. The van der Waals surface area contributed by atoms with Crippen LogP contribution in [0.25, 0.3) is 0 Å². The number of nitriles is 2. The molecule has 3 aromatic carbocycles. The Hall–Kier alpha value is -5.21. The van der Waals surface area contributed by atoms with Crippen LogP contribution in [-0.2, 0) is 25.5 Å².